The molecule has 7 heteroatoms. The van der Waals surface area contributed by atoms with Gasteiger partial charge in [0.25, 0.3) is 5.91 Å². The third-order valence-corrected chi connectivity index (χ3v) is 6.44. The second kappa shape index (κ2) is 10.7. The number of nitrogens with zero attached hydrogens (tertiary/aromatic N) is 3. The first-order valence-corrected chi connectivity index (χ1v) is 12.0. The SMILES string of the molecule is COc1cccc2c(C(=O)NCc3ccccc3-c3ccccc3)nn(CCN3CCOCC3)c12. The van der Waals surface area contributed by atoms with Crippen LogP contribution in [0.25, 0.3) is 22.0 Å². The maximum atomic E-state index is 13.3. The Hall–Kier alpha value is -3.68. The number of amides is 1. The summed E-state index contributed by atoms with van der Waals surface area (Å²) in [6.07, 6.45) is 0. The molecular formula is C28H30N4O3. The number of methoxy groups -OCH3 is 1. The predicted molar refractivity (Wildman–Crippen MR) is 137 cm³/mol. The molecule has 35 heavy (non-hydrogen) atoms. The summed E-state index contributed by atoms with van der Waals surface area (Å²) >= 11 is 0. The summed E-state index contributed by atoms with van der Waals surface area (Å²) < 4.78 is 13.0. The molecule has 2 heterocycles. The Morgan fingerprint density at radius 2 is 1.74 bits per heavy atom. The molecule has 7 nitrogen and oxygen atoms in total. The van der Waals surface area contributed by atoms with Crippen LogP contribution in [0, 0.1) is 0 Å². The van der Waals surface area contributed by atoms with Gasteiger partial charge in [-0.05, 0) is 22.8 Å². The molecule has 1 N–H and O–H groups in total. The van der Waals surface area contributed by atoms with Crippen molar-refractivity contribution < 1.29 is 14.3 Å². The van der Waals surface area contributed by atoms with Gasteiger partial charge in [-0.3, -0.25) is 14.4 Å². The lowest BCUT2D eigenvalue weighted by Gasteiger charge is -2.26. The maximum absolute atomic E-state index is 13.3. The quantitative estimate of drug-likeness (QED) is 0.422. The molecule has 0 bridgehead atoms. The monoisotopic (exact) mass is 470 g/mol. The molecule has 1 amide bonds. The summed E-state index contributed by atoms with van der Waals surface area (Å²) in [4.78, 5) is 15.7. The molecule has 1 fully saturated rings. The van der Waals surface area contributed by atoms with Gasteiger partial charge in [-0.2, -0.15) is 5.10 Å². The lowest BCUT2D eigenvalue weighted by atomic mass is 10.00. The molecule has 0 aliphatic carbocycles. The molecule has 4 aromatic rings. The number of carbonyl (C=O) groups is 1. The van der Waals surface area contributed by atoms with Gasteiger partial charge in [0.15, 0.2) is 5.69 Å². The van der Waals surface area contributed by atoms with E-state index in [1.807, 2.05) is 59.3 Å². The molecule has 0 radical (unpaired) electrons. The summed E-state index contributed by atoms with van der Waals surface area (Å²) in [5, 5.41) is 8.62. The van der Waals surface area contributed by atoms with Crippen LogP contribution in [0.2, 0.25) is 0 Å². The van der Waals surface area contributed by atoms with Gasteiger partial charge in [-0.15, -0.1) is 0 Å². The summed E-state index contributed by atoms with van der Waals surface area (Å²) in [5.74, 6) is 0.515. The van der Waals surface area contributed by atoms with Crippen molar-refractivity contribution in [1.82, 2.24) is 20.0 Å². The molecule has 1 aromatic heterocycles. The zero-order chi connectivity index (χ0) is 24.0. The summed E-state index contributed by atoms with van der Waals surface area (Å²) in [6.45, 7) is 5.23. The van der Waals surface area contributed by atoms with Crippen LogP contribution in [0.15, 0.2) is 72.8 Å². The minimum absolute atomic E-state index is 0.198. The number of ether oxygens (including phenoxy) is 2. The highest BCUT2D eigenvalue weighted by Gasteiger charge is 2.21. The average molecular weight is 471 g/mol. The second-order valence-corrected chi connectivity index (χ2v) is 8.59. The minimum atomic E-state index is -0.198. The Kier molecular flexibility index (Phi) is 7.07. The van der Waals surface area contributed by atoms with Crippen molar-refractivity contribution in [1.29, 1.82) is 0 Å². The maximum Gasteiger partial charge on any atom is 0.272 e. The van der Waals surface area contributed by atoms with E-state index in [9.17, 15) is 4.79 Å². The van der Waals surface area contributed by atoms with Crippen LogP contribution in [-0.2, 0) is 17.8 Å². The Labute approximate surface area is 205 Å². The molecule has 0 unspecified atom stereocenters. The lowest BCUT2D eigenvalue weighted by Crippen LogP contribution is -2.38. The first-order valence-electron chi connectivity index (χ1n) is 12.0. The topological polar surface area (TPSA) is 68.6 Å². The molecule has 5 rings (SSSR count). The van der Waals surface area contributed by atoms with Crippen LogP contribution in [0.4, 0.5) is 0 Å². The molecule has 0 spiro atoms. The third kappa shape index (κ3) is 5.06. The number of carbonyl (C=O) groups excluding carboxylic acids is 1. The van der Waals surface area contributed by atoms with Crippen molar-refractivity contribution in [2.75, 3.05) is 40.0 Å². The number of nitrogens with one attached hydrogen (secondary N) is 1. The van der Waals surface area contributed by atoms with Crippen molar-refractivity contribution >= 4 is 16.8 Å². The van der Waals surface area contributed by atoms with Crippen molar-refractivity contribution in [3.8, 4) is 16.9 Å². The normalized spacial score (nSPS) is 14.2. The van der Waals surface area contributed by atoms with Crippen LogP contribution >= 0.6 is 0 Å². The predicted octanol–water partition coefficient (Wildman–Crippen LogP) is 3.97. The molecule has 1 saturated heterocycles. The highest BCUT2D eigenvalue weighted by atomic mass is 16.5. The van der Waals surface area contributed by atoms with Crippen LogP contribution in [0.3, 0.4) is 0 Å². The average Bonchev–Trinajstić information content (AvgIpc) is 3.31. The number of rotatable bonds is 8. The molecule has 1 aliphatic rings. The standard InChI is InChI=1S/C28H30N4O3/c1-34-25-13-7-12-24-26(30-32(27(24)25)15-14-31-16-18-35-19-17-31)28(33)29-20-22-10-5-6-11-23(22)21-8-3-2-4-9-21/h2-13H,14-20H2,1H3,(H,29,33). The molecule has 1 aliphatic heterocycles. The summed E-state index contributed by atoms with van der Waals surface area (Å²) in [6, 6.07) is 24.1. The van der Waals surface area contributed by atoms with Gasteiger partial charge in [-0.1, -0.05) is 66.7 Å². The van der Waals surface area contributed by atoms with Crippen molar-refractivity contribution in [2.24, 2.45) is 0 Å². The van der Waals surface area contributed by atoms with E-state index in [2.05, 4.69) is 28.4 Å². The fourth-order valence-corrected chi connectivity index (χ4v) is 4.59. The number of morpholine rings is 1. The number of fused-ring (bicyclic) bond motifs is 1. The number of hydrogen-bond acceptors (Lipinski definition) is 5. The van der Waals surface area contributed by atoms with Gasteiger partial charge in [0, 0.05) is 31.6 Å². The largest absolute Gasteiger partial charge is 0.494 e. The van der Waals surface area contributed by atoms with Gasteiger partial charge in [-0.25, -0.2) is 0 Å². The lowest BCUT2D eigenvalue weighted by molar-refractivity contribution is 0.0361. The van der Waals surface area contributed by atoms with Gasteiger partial charge in [0.05, 0.1) is 26.9 Å². The zero-order valence-electron chi connectivity index (χ0n) is 19.9. The van der Waals surface area contributed by atoms with Crippen LogP contribution in [-0.4, -0.2) is 60.5 Å². The summed E-state index contributed by atoms with van der Waals surface area (Å²) in [5.41, 5.74) is 4.55. The second-order valence-electron chi connectivity index (χ2n) is 8.59. The Bertz CT molecular complexity index is 1300. The number of aromatic nitrogens is 2. The Balaban J connectivity index is 1.38. The molecule has 3 aromatic carbocycles. The van der Waals surface area contributed by atoms with E-state index < -0.39 is 0 Å². The van der Waals surface area contributed by atoms with E-state index in [4.69, 9.17) is 14.6 Å². The fraction of sp³-hybridized carbons (Fsp3) is 0.286. The molecule has 0 atom stereocenters. The van der Waals surface area contributed by atoms with E-state index in [1.165, 1.54) is 0 Å². The van der Waals surface area contributed by atoms with Gasteiger partial charge in [0.1, 0.15) is 11.3 Å². The van der Waals surface area contributed by atoms with Crippen LogP contribution in [0.5, 0.6) is 5.75 Å². The summed E-state index contributed by atoms with van der Waals surface area (Å²) in [7, 11) is 1.65. The molecular weight excluding hydrogens is 440 g/mol. The smallest absolute Gasteiger partial charge is 0.272 e. The molecule has 0 saturated carbocycles. The highest BCUT2D eigenvalue weighted by Crippen LogP contribution is 2.28. The fourth-order valence-electron chi connectivity index (χ4n) is 4.59. The minimum Gasteiger partial charge on any atom is -0.494 e. The van der Waals surface area contributed by atoms with E-state index in [-0.39, 0.29) is 5.91 Å². The van der Waals surface area contributed by atoms with Gasteiger partial charge in [0.2, 0.25) is 0 Å². The highest BCUT2D eigenvalue weighted by molar-refractivity contribution is 6.06. The van der Waals surface area contributed by atoms with Crippen molar-refractivity contribution in [2.45, 2.75) is 13.1 Å². The molecule has 180 valence electrons. The van der Waals surface area contributed by atoms with E-state index in [0.717, 1.165) is 60.4 Å². The first kappa shape index (κ1) is 23.1. The van der Waals surface area contributed by atoms with Crippen molar-refractivity contribution in [3.63, 3.8) is 0 Å². The third-order valence-electron chi connectivity index (χ3n) is 6.44. The number of benzene rings is 3. The van der Waals surface area contributed by atoms with Crippen molar-refractivity contribution in [3.05, 3.63) is 84.1 Å². The Morgan fingerprint density at radius 3 is 2.54 bits per heavy atom. The first-order chi connectivity index (χ1) is 17.2. The van der Waals surface area contributed by atoms with Crippen LogP contribution < -0.4 is 10.1 Å². The van der Waals surface area contributed by atoms with E-state index in [1.54, 1.807) is 7.11 Å². The number of para-hydroxylation sites is 1. The van der Waals surface area contributed by atoms with Gasteiger partial charge < -0.3 is 14.8 Å². The Morgan fingerprint density at radius 1 is 0.971 bits per heavy atom. The van der Waals surface area contributed by atoms with E-state index in [0.29, 0.717) is 24.5 Å². The number of hydrogen-bond donors (Lipinski definition) is 1. The zero-order valence-corrected chi connectivity index (χ0v) is 19.9. The van der Waals surface area contributed by atoms with Crippen LogP contribution in [0.1, 0.15) is 16.1 Å². The van der Waals surface area contributed by atoms with E-state index >= 15 is 0 Å². The van der Waals surface area contributed by atoms with Gasteiger partial charge >= 0.3 is 0 Å².